The zero-order valence-corrected chi connectivity index (χ0v) is 40.6. The molecule has 0 aromatic rings. The van der Waals surface area contributed by atoms with Crippen LogP contribution in [0.25, 0.3) is 0 Å². The van der Waals surface area contributed by atoms with Crippen LogP contribution in [0.4, 0.5) is 0 Å². The van der Waals surface area contributed by atoms with Crippen molar-refractivity contribution in [3.8, 4) is 0 Å². The number of esters is 1. The largest absolute Gasteiger partial charge is 0.462 e. The summed E-state index contributed by atoms with van der Waals surface area (Å²) >= 11 is 0. The van der Waals surface area contributed by atoms with Crippen molar-refractivity contribution >= 4 is 11.8 Å². The number of allylic oxidation sites excluding steroid dienone is 2. The summed E-state index contributed by atoms with van der Waals surface area (Å²) in [5.41, 5.74) is 4.07. The van der Waals surface area contributed by atoms with Gasteiger partial charge in [-0.2, -0.15) is 0 Å². The molecule has 0 amide bonds. The fourth-order valence-corrected chi connectivity index (χ4v) is 16.1. The highest BCUT2D eigenvalue weighted by atomic mass is 16.5. The molecular weight excluding hydrogens is 725 g/mol. The highest BCUT2D eigenvalue weighted by molar-refractivity contribution is 5.87. The summed E-state index contributed by atoms with van der Waals surface area (Å²) in [6, 6.07) is 0. The molecule has 6 saturated carbocycles. The molecule has 0 radical (unpaired) electrons. The average Bonchev–Trinajstić information content (AvgIpc) is 3.66. The van der Waals surface area contributed by atoms with Gasteiger partial charge in [-0.1, -0.05) is 91.0 Å². The van der Waals surface area contributed by atoms with Crippen LogP contribution < -0.4 is 0 Å². The second-order valence-corrected chi connectivity index (χ2v) is 25.6. The lowest BCUT2D eigenvalue weighted by Crippen LogP contribution is -2.51. The van der Waals surface area contributed by atoms with E-state index >= 15 is 0 Å². The minimum Gasteiger partial charge on any atom is -0.462 e. The van der Waals surface area contributed by atoms with E-state index in [1.807, 2.05) is 20.8 Å². The Morgan fingerprint density at radius 3 is 1.81 bits per heavy atom. The first-order valence-electron chi connectivity index (χ1n) is 25.3. The number of rotatable bonds is 7. The van der Waals surface area contributed by atoms with E-state index in [0.29, 0.717) is 40.5 Å². The summed E-state index contributed by atoms with van der Waals surface area (Å²) < 4.78 is 12.3. The van der Waals surface area contributed by atoms with Crippen LogP contribution in [-0.2, 0) is 19.1 Å². The van der Waals surface area contributed by atoms with Gasteiger partial charge >= 0.3 is 5.97 Å². The van der Waals surface area contributed by atoms with Gasteiger partial charge in [-0.05, 0) is 201 Å². The van der Waals surface area contributed by atoms with Gasteiger partial charge in [0.15, 0.2) is 0 Å². The predicted octanol–water partition coefficient (Wildman–Crippen LogP) is 14.7. The van der Waals surface area contributed by atoms with E-state index in [1.54, 1.807) is 5.57 Å². The Morgan fingerprint density at radius 2 is 1.22 bits per heavy atom. The number of ketones is 1. The van der Waals surface area contributed by atoms with E-state index in [4.69, 9.17) is 9.47 Å². The monoisotopic (exact) mass is 815 g/mol. The highest BCUT2D eigenvalue weighted by Crippen LogP contribution is 2.68. The minimum absolute atomic E-state index is 0.0203. The summed E-state index contributed by atoms with van der Waals surface area (Å²) in [5, 5.41) is 0. The first-order valence-corrected chi connectivity index (χ1v) is 25.3. The van der Waals surface area contributed by atoms with Crippen LogP contribution in [0.1, 0.15) is 212 Å². The number of carbonyl (C=O) groups is 2. The molecule has 0 N–H and O–H groups in total. The molecule has 4 nitrogen and oxygen atoms in total. The molecule has 8 aliphatic rings. The predicted molar refractivity (Wildman–Crippen MR) is 244 cm³/mol. The van der Waals surface area contributed by atoms with Crippen LogP contribution in [-0.4, -0.2) is 29.6 Å². The number of hydrogen-bond donors (Lipinski definition) is 0. The van der Waals surface area contributed by atoms with E-state index in [1.165, 1.54) is 82.6 Å². The van der Waals surface area contributed by atoms with Gasteiger partial charge in [0.1, 0.15) is 11.9 Å². The lowest BCUT2D eigenvalue weighted by molar-refractivity contribution is -0.160. The van der Waals surface area contributed by atoms with Crippen LogP contribution in [0.15, 0.2) is 23.3 Å². The van der Waals surface area contributed by atoms with E-state index in [2.05, 4.69) is 81.4 Å². The van der Waals surface area contributed by atoms with Crippen LogP contribution >= 0.6 is 0 Å². The molecule has 4 heteroatoms. The molecule has 1 unspecified atom stereocenters. The molecule has 59 heavy (non-hydrogen) atoms. The average molecular weight is 815 g/mol. The molecule has 334 valence electrons. The summed E-state index contributed by atoms with van der Waals surface area (Å²) in [6.07, 6.45) is 29.3. The van der Waals surface area contributed by atoms with Crippen molar-refractivity contribution in [1.82, 2.24) is 0 Å². The van der Waals surface area contributed by atoms with Gasteiger partial charge in [0.25, 0.3) is 0 Å². The smallest absolute Gasteiger partial charge is 0.311 e. The SMILES string of the molecule is CC(C)(C)C(=O)O[C@H]1CC[C@@]2(C)C(=CC[C@@H]3[C@@H]2CC[C@]2(C)C(=O)CC[C@@H]32)C1.CC(C)CCCC(C)[C@H]1CC[C@H]2[C@@H]3CC=C4C[C@@H](OC(C)(C)C)CC[C@]4(C)[C@H]3CC[C@]12C. The number of Topliss-reactive ketones (excluding diaryl/α,β-unsaturated/α-hetero) is 1. The Kier molecular flexibility index (Phi) is 12.8. The van der Waals surface area contributed by atoms with E-state index in [9.17, 15) is 9.59 Å². The molecule has 0 aromatic carbocycles. The molecule has 14 atom stereocenters. The van der Waals surface area contributed by atoms with Gasteiger partial charge in [0.05, 0.1) is 17.1 Å². The molecule has 8 rings (SSSR count). The number of ether oxygens (including phenoxy) is 2. The number of fused-ring (bicyclic) bond motifs is 10. The van der Waals surface area contributed by atoms with E-state index in [-0.39, 0.29) is 28.5 Å². The van der Waals surface area contributed by atoms with Gasteiger partial charge in [-0.15, -0.1) is 0 Å². The van der Waals surface area contributed by atoms with Gasteiger partial charge in [-0.3, -0.25) is 9.59 Å². The van der Waals surface area contributed by atoms with Crippen molar-refractivity contribution in [2.75, 3.05) is 0 Å². The first kappa shape index (κ1) is 45.6. The Labute approximate surface area is 363 Å². The van der Waals surface area contributed by atoms with Gasteiger partial charge in [0, 0.05) is 18.3 Å². The van der Waals surface area contributed by atoms with Crippen molar-refractivity contribution in [3.63, 3.8) is 0 Å². The molecule has 0 aromatic heterocycles. The molecule has 6 fully saturated rings. The molecule has 0 spiro atoms. The maximum Gasteiger partial charge on any atom is 0.311 e. The second-order valence-electron chi connectivity index (χ2n) is 25.6. The summed E-state index contributed by atoms with van der Waals surface area (Å²) in [5.74, 6) is 7.95. The fourth-order valence-electron chi connectivity index (χ4n) is 16.1. The van der Waals surface area contributed by atoms with E-state index in [0.717, 1.165) is 80.5 Å². The topological polar surface area (TPSA) is 52.6 Å². The second kappa shape index (κ2) is 16.6. The summed E-state index contributed by atoms with van der Waals surface area (Å²) in [6.45, 7) is 29.9. The third-order valence-corrected chi connectivity index (χ3v) is 19.4. The minimum atomic E-state index is -0.435. The molecule has 0 saturated heterocycles. The molecular formula is C55H90O4. The van der Waals surface area contributed by atoms with Crippen LogP contribution in [0.5, 0.6) is 0 Å². The quantitative estimate of drug-likeness (QED) is 0.190. The zero-order valence-electron chi connectivity index (χ0n) is 40.6. The van der Waals surface area contributed by atoms with Gasteiger partial charge in [0.2, 0.25) is 0 Å². The maximum absolute atomic E-state index is 12.5. The van der Waals surface area contributed by atoms with Gasteiger partial charge in [-0.25, -0.2) is 0 Å². The lowest BCUT2D eigenvalue weighted by Gasteiger charge is -2.58. The third-order valence-electron chi connectivity index (χ3n) is 19.4. The Morgan fingerprint density at radius 1 is 0.678 bits per heavy atom. The molecule has 0 bridgehead atoms. The Balaban J connectivity index is 0.000000181. The number of hydrogen-bond acceptors (Lipinski definition) is 4. The van der Waals surface area contributed by atoms with Crippen molar-refractivity contribution in [2.24, 2.45) is 80.3 Å². The molecule has 8 aliphatic carbocycles. The normalized spacial score (nSPS) is 43.4. The van der Waals surface area contributed by atoms with Crippen molar-refractivity contribution in [3.05, 3.63) is 23.3 Å². The summed E-state index contributed by atoms with van der Waals surface area (Å²) in [4.78, 5) is 24.8. The Bertz CT molecular complexity index is 1600. The summed E-state index contributed by atoms with van der Waals surface area (Å²) in [7, 11) is 0. The van der Waals surface area contributed by atoms with E-state index < -0.39 is 5.41 Å². The maximum atomic E-state index is 12.5. The molecule has 0 aliphatic heterocycles. The fraction of sp³-hybridized carbons (Fsp3) is 0.891. The van der Waals surface area contributed by atoms with Crippen molar-refractivity contribution in [1.29, 1.82) is 0 Å². The van der Waals surface area contributed by atoms with Crippen LogP contribution in [0.3, 0.4) is 0 Å². The van der Waals surface area contributed by atoms with Crippen LogP contribution in [0, 0.1) is 80.3 Å². The lowest BCUT2D eigenvalue weighted by atomic mass is 9.47. The molecule has 0 heterocycles. The Hall–Kier alpha value is -1.42. The highest BCUT2D eigenvalue weighted by Gasteiger charge is 2.60. The number of carbonyl (C=O) groups excluding carboxylic acids is 2. The third kappa shape index (κ3) is 8.65. The van der Waals surface area contributed by atoms with Crippen molar-refractivity contribution in [2.45, 2.75) is 230 Å². The van der Waals surface area contributed by atoms with Crippen LogP contribution in [0.2, 0.25) is 0 Å². The van der Waals surface area contributed by atoms with Gasteiger partial charge < -0.3 is 9.47 Å². The first-order chi connectivity index (χ1) is 27.5. The standard InChI is InChI=1S/C31H54O.C24H36O3/c1-21(2)10-9-11-22(3)26-14-15-27-25-13-12-23-20-24(32-29(4,5)6)16-18-30(23,7)28(25)17-19-31(26,27)8;1-22(2,3)21(26)27-16-10-12-23(4)15(14-16)6-7-17-18-8-9-20(25)24(18,5)13-11-19(17)23/h12,21-22,24-28H,9-11,13-20H2,1-8H3;6,16-19H,7-14H2,1-5H3/t22?,24-,25-,26+,27-,28-,30-,31+;16-,17-,18-,19-,23-,24-/m00/s1. The van der Waals surface area contributed by atoms with Crippen molar-refractivity contribution < 1.29 is 19.1 Å². The zero-order chi connectivity index (χ0) is 42.9.